The molecule has 0 aliphatic carbocycles. The van der Waals surface area contributed by atoms with E-state index in [9.17, 15) is 4.79 Å². The van der Waals surface area contributed by atoms with Gasteiger partial charge in [-0.3, -0.25) is 9.69 Å². The quantitative estimate of drug-likeness (QED) is 0.415. The third-order valence-electron chi connectivity index (χ3n) is 4.13. The first-order valence-electron chi connectivity index (χ1n) is 8.33. The normalized spacial score (nSPS) is 11.3. The van der Waals surface area contributed by atoms with E-state index in [1.54, 1.807) is 11.2 Å². The number of aromatic nitrogens is 2. The number of amides is 1. The molecule has 0 aliphatic rings. The molecule has 0 bridgehead atoms. The molecule has 5 nitrogen and oxygen atoms in total. The summed E-state index contributed by atoms with van der Waals surface area (Å²) in [7, 11) is 0. The van der Waals surface area contributed by atoms with Crippen LogP contribution in [0.5, 0.6) is 0 Å². The lowest BCUT2D eigenvalue weighted by molar-refractivity contribution is 0.0983. The molecule has 0 saturated carbocycles. The number of nitrogens with zero attached hydrogens (tertiary/aromatic N) is 3. The van der Waals surface area contributed by atoms with Gasteiger partial charge in [-0.25, -0.2) is 9.97 Å². The summed E-state index contributed by atoms with van der Waals surface area (Å²) in [5.41, 5.74) is 1.70. The van der Waals surface area contributed by atoms with Gasteiger partial charge in [0.1, 0.15) is 5.76 Å². The van der Waals surface area contributed by atoms with Gasteiger partial charge in [-0.2, -0.15) is 0 Å². The molecule has 3 aromatic heterocycles. The Balaban J connectivity index is 1.58. The average molecular weight is 391 g/mol. The van der Waals surface area contributed by atoms with Gasteiger partial charge in [0.25, 0.3) is 5.91 Å². The highest BCUT2D eigenvalue weighted by molar-refractivity contribution is 7.22. The molecule has 0 aliphatic heterocycles. The maximum absolute atomic E-state index is 13.3. The van der Waals surface area contributed by atoms with Crippen molar-refractivity contribution in [3.63, 3.8) is 0 Å². The first-order chi connectivity index (χ1) is 13.3. The summed E-state index contributed by atoms with van der Waals surface area (Å²) in [6.07, 6.45) is 1.61. The highest BCUT2D eigenvalue weighted by Gasteiger charge is 2.25. The Morgan fingerprint density at radius 2 is 1.59 bits per heavy atom. The fourth-order valence-corrected chi connectivity index (χ4v) is 4.72. The van der Waals surface area contributed by atoms with Crippen LogP contribution in [0.15, 0.2) is 71.3 Å². The number of carbonyl (C=O) groups excluding carboxylic acids is 1. The third kappa shape index (κ3) is 3.01. The predicted octanol–water partition coefficient (Wildman–Crippen LogP) is 5.35. The number of para-hydroxylation sites is 2. The Morgan fingerprint density at radius 1 is 0.889 bits per heavy atom. The second-order valence-corrected chi connectivity index (χ2v) is 7.96. The maximum atomic E-state index is 13.3. The third-order valence-corrected chi connectivity index (χ3v) is 6.21. The number of rotatable bonds is 4. The number of anilines is 1. The van der Waals surface area contributed by atoms with Crippen LogP contribution < -0.4 is 4.90 Å². The summed E-state index contributed by atoms with van der Waals surface area (Å²) in [4.78, 5) is 24.1. The van der Waals surface area contributed by atoms with E-state index in [0.29, 0.717) is 22.4 Å². The van der Waals surface area contributed by atoms with Gasteiger partial charge in [0.15, 0.2) is 10.1 Å². The van der Waals surface area contributed by atoms with Gasteiger partial charge in [-0.05, 0) is 36.4 Å². The summed E-state index contributed by atoms with van der Waals surface area (Å²) < 4.78 is 7.50. The minimum atomic E-state index is -0.174. The van der Waals surface area contributed by atoms with Crippen LogP contribution >= 0.6 is 22.7 Å². The van der Waals surface area contributed by atoms with Crippen molar-refractivity contribution in [2.75, 3.05) is 4.90 Å². The van der Waals surface area contributed by atoms with Crippen LogP contribution in [0.4, 0.5) is 5.13 Å². The Morgan fingerprint density at radius 3 is 2.26 bits per heavy atom. The monoisotopic (exact) mass is 391 g/mol. The molecule has 5 rings (SSSR count). The molecular formula is C20H13N3O2S2. The van der Waals surface area contributed by atoms with Crippen LogP contribution in [0, 0.1) is 0 Å². The molecule has 2 aromatic carbocycles. The SMILES string of the molecule is O=C(c1nc2ccccc2s1)N(Cc1ccco1)c1nc2ccccc2s1. The van der Waals surface area contributed by atoms with E-state index in [0.717, 1.165) is 20.4 Å². The molecule has 0 spiro atoms. The zero-order chi connectivity index (χ0) is 18.2. The summed E-state index contributed by atoms with van der Waals surface area (Å²) in [6.45, 7) is 0.307. The van der Waals surface area contributed by atoms with Crippen molar-refractivity contribution in [3.8, 4) is 0 Å². The minimum Gasteiger partial charge on any atom is -0.467 e. The number of hydrogen-bond donors (Lipinski definition) is 0. The van der Waals surface area contributed by atoms with Gasteiger partial charge in [0, 0.05) is 0 Å². The Hall–Kier alpha value is -3.03. The van der Waals surface area contributed by atoms with Crippen LogP contribution in [0.2, 0.25) is 0 Å². The first-order valence-corrected chi connectivity index (χ1v) is 9.96. The Kier molecular flexibility index (Phi) is 3.95. The molecule has 0 unspecified atom stereocenters. The molecule has 3 heterocycles. The zero-order valence-corrected chi connectivity index (χ0v) is 15.7. The molecule has 132 valence electrons. The van der Waals surface area contributed by atoms with E-state index < -0.39 is 0 Å². The summed E-state index contributed by atoms with van der Waals surface area (Å²) in [5, 5.41) is 1.08. The van der Waals surface area contributed by atoms with Crippen molar-refractivity contribution in [1.82, 2.24) is 9.97 Å². The molecule has 5 aromatic rings. The van der Waals surface area contributed by atoms with Gasteiger partial charge in [0.2, 0.25) is 0 Å². The van der Waals surface area contributed by atoms with E-state index >= 15 is 0 Å². The first kappa shape index (κ1) is 16.2. The van der Waals surface area contributed by atoms with Crippen molar-refractivity contribution in [1.29, 1.82) is 0 Å². The van der Waals surface area contributed by atoms with Gasteiger partial charge < -0.3 is 4.42 Å². The number of hydrogen-bond acceptors (Lipinski definition) is 6. The highest BCUT2D eigenvalue weighted by Crippen LogP contribution is 2.32. The lowest BCUT2D eigenvalue weighted by Gasteiger charge is -2.17. The van der Waals surface area contributed by atoms with Gasteiger partial charge in [-0.15, -0.1) is 11.3 Å². The number of furan rings is 1. The molecule has 1 amide bonds. The van der Waals surface area contributed by atoms with Crippen molar-refractivity contribution < 1.29 is 9.21 Å². The minimum absolute atomic E-state index is 0.174. The van der Waals surface area contributed by atoms with E-state index in [-0.39, 0.29) is 5.91 Å². The zero-order valence-electron chi connectivity index (χ0n) is 14.0. The molecule has 0 N–H and O–H groups in total. The fraction of sp³-hybridized carbons (Fsp3) is 0.0500. The second kappa shape index (κ2) is 6.61. The number of fused-ring (bicyclic) bond motifs is 2. The summed E-state index contributed by atoms with van der Waals surface area (Å²) >= 11 is 2.88. The van der Waals surface area contributed by atoms with Crippen molar-refractivity contribution in [3.05, 3.63) is 77.7 Å². The summed E-state index contributed by atoms with van der Waals surface area (Å²) in [6, 6.07) is 19.3. The molecular weight excluding hydrogens is 378 g/mol. The number of benzene rings is 2. The van der Waals surface area contributed by atoms with Crippen LogP contribution in [0.3, 0.4) is 0 Å². The topological polar surface area (TPSA) is 59.2 Å². The van der Waals surface area contributed by atoms with Crippen LogP contribution in [-0.4, -0.2) is 15.9 Å². The van der Waals surface area contributed by atoms with E-state index in [1.165, 1.54) is 22.7 Å². The van der Waals surface area contributed by atoms with E-state index in [1.807, 2.05) is 60.7 Å². The summed E-state index contributed by atoms with van der Waals surface area (Å²) in [5.74, 6) is 0.523. The molecule has 27 heavy (non-hydrogen) atoms. The van der Waals surface area contributed by atoms with Crippen molar-refractivity contribution in [2.45, 2.75) is 6.54 Å². The predicted molar refractivity (Wildman–Crippen MR) is 108 cm³/mol. The van der Waals surface area contributed by atoms with Gasteiger partial charge >= 0.3 is 0 Å². The largest absolute Gasteiger partial charge is 0.467 e. The van der Waals surface area contributed by atoms with Crippen molar-refractivity contribution in [2.24, 2.45) is 0 Å². The lowest BCUT2D eigenvalue weighted by Crippen LogP contribution is -2.30. The molecule has 0 radical (unpaired) electrons. The molecule has 0 fully saturated rings. The lowest BCUT2D eigenvalue weighted by atomic mass is 10.3. The Bertz CT molecular complexity index is 1170. The average Bonchev–Trinajstić information content (AvgIpc) is 3.44. The number of thiazole rings is 2. The highest BCUT2D eigenvalue weighted by atomic mass is 32.1. The van der Waals surface area contributed by atoms with Gasteiger partial charge in [-0.1, -0.05) is 35.6 Å². The van der Waals surface area contributed by atoms with Crippen LogP contribution in [0.25, 0.3) is 20.4 Å². The number of carbonyl (C=O) groups is 1. The van der Waals surface area contributed by atoms with Crippen LogP contribution in [0.1, 0.15) is 15.6 Å². The fourth-order valence-electron chi connectivity index (χ4n) is 2.84. The standard InChI is InChI=1S/C20H13N3O2S2/c24-19(18-21-14-7-1-3-9-16(14)26-18)23(12-13-6-5-11-25-13)20-22-15-8-2-4-10-17(15)27-20/h1-11H,12H2. The van der Waals surface area contributed by atoms with E-state index in [4.69, 9.17) is 4.42 Å². The van der Waals surface area contributed by atoms with Crippen LogP contribution in [-0.2, 0) is 6.54 Å². The molecule has 0 saturated heterocycles. The van der Waals surface area contributed by atoms with Crippen molar-refractivity contribution >= 4 is 54.1 Å². The Labute approximate surface area is 162 Å². The maximum Gasteiger partial charge on any atom is 0.289 e. The molecule has 7 heteroatoms. The van der Waals surface area contributed by atoms with E-state index in [2.05, 4.69) is 9.97 Å². The molecule has 0 atom stereocenters. The van der Waals surface area contributed by atoms with Gasteiger partial charge in [0.05, 0.1) is 33.2 Å². The smallest absolute Gasteiger partial charge is 0.289 e. The second-order valence-electron chi connectivity index (χ2n) is 5.92.